The van der Waals surface area contributed by atoms with E-state index in [1.807, 2.05) is 57.5 Å². The second kappa shape index (κ2) is 22.8. The van der Waals surface area contributed by atoms with Gasteiger partial charge in [0, 0.05) is 39.0 Å². The summed E-state index contributed by atoms with van der Waals surface area (Å²) in [6, 6.07) is 12.6. The second-order valence-electron chi connectivity index (χ2n) is 18.4. The number of pyridine rings is 1. The van der Waals surface area contributed by atoms with Crippen molar-refractivity contribution in [1.82, 2.24) is 25.5 Å². The number of nitrogens with zero attached hydrogens (tertiary/aromatic N) is 6. The highest BCUT2D eigenvalue weighted by atomic mass is 32.1. The summed E-state index contributed by atoms with van der Waals surface area (Å²) in [7, 11) is 0. The highest BCUT2D eigenvalue weighted by Gasteiger charge is 2.52. The van der Waals surface area contributed by atoms with E-state index in [1.165, 1.54) is 31.0 Å². The first kappa shape index (κ1) is 53.3. The van der Waals surface area contributed by atoms with E-state index in [0.717, 1.165) is 33.8 Å². The lowest BCUT2D eigenvalue weighted by atomic mass is 9.85. The number of nitriles is 1. The summed E-state index contributed by atoms with van der Waals surface area (Å²) in [6.07, 6.45) is -0.787. The molecule has 0 bridgehead atoms. The number of likely N-dealkylation sites (tertiary alicyclic amines) is 1. The molecule has 0 radical (unpaired) electrons. The van der Waals surface area contributed by atoms with E-state index < -0.39 is 63.7 Å². The zero-order valence-electron chi connectivity index (χ0n) is 39.8. The molecule has 2 aliphatic rings. The Balaban J connectivity index is 0.864. The third kappa shape index (κ3) is 12.4. The van der Waals surface area contributed by atoms with Crippen molar-refractivity contribution in [2.75, 3.05) is 49.4 Å². The SMILES string of the molecule is Cc1ncsc1-c1ccc(CNC(=O)C2CCCN2C(=O)C(NC(=O)COCCCOCCCCOc2ccc(N3C(=S)N(c4ccc(C#N)c(C(F)(F)F)c4F)C(=O)C3(C)C)cn2)C(C)(C)C)cc1. The molecule has 2 unspecified atom stereocenters. The molecule has 2 atom stereocenters. The first-order chi connectivity index (χ1) is 33.1. The molecule has 4 amide bonds. The van der Waals surface area contributed by atoms with Crippen LogP contribution in [0.1, 0.15) is 89.1 Å². The number of aromatic nitrogens is 2. The molecule has 4 heterocycles. The number of alkyl halides is 3. The summed E-state index contributed by atoms with van der Waals surface area (Å²) < 4.78 is 73.5. The fraction of sp³-hybridized carbons (Fsp3) is 0.469. The van der Waals surface area contributed by atoms with Crippen LogP contribution in [0.25, 0.3) is 10.4 Å². The van der Waals surface area contributed by atoms with Gasteiger partial charge in [0.2, 0.25) is 23.6 Å². The largest absolute Gasteiger partial charge is 0.478 e. The van der Waals surface area contributed by atoms with E-state index in [9.17, 15) is 32.3 Å². The minimum atomic E-state index is -5.19. The Hall–Kier alpha value is -6.08. The molecule has 2 aromatic carbocycles. The number of halogens is 4. The molecule has 0 aliphatic carbocycles. The highest BCUT2D eigenvalue weighted by Crippen LogP contribution is 2.42. The Kier molecular flexibility index (Phi) is 17.3. The molecule has 2 aromatic heterocycles. The summed E-state index contributed by atoms with van der Waals surface area (Å²) in [5.41, 5.74) is -0.407. The lowest BCUT2D eigenvalue weighted by molar-refractivity contribution is -0.144. The predicted octanol–water partition coefficient (Wildman–Crippen LogP) is 7.88. The van der Waals surface area contributed by atoms with Crippen molar-refractivity contribution in [3.05, 3.63) is 88.4 Å². The number of anilines is 2. The third-order valence-electron chi connectivity index (χ3n) is 11.8. The van der Waals surface area contributed by atoms with E-state index in [2.05, 4.69) is 20.6 Å². The predicted molar refractivity (Wildman–Crippen MR) is 258 cm³/mol. The van der Waals surface area contributed by atoms with Crippen LogP contribution in [-0.4, -0.2) is 101 Å². The maximum Gasteiger partial charge on any atom is 0.420 e. The number of unbranched alkanes of at least 4 members (excludes halogenated alkanes) is 1. The number of aryl methyl sites for hydroxylation is 1. The number of nitrogens with one attached hydrogen (secondary N) is 2. The van der Waals surface area contributed by atoms with E-state index in [-0.39, 0.29) is 36.0 Å². The van der Waals surface area contributed by atoms with Crippen molar-refractivity contribution in [2.45, 2.75) is 104 Å². The summed E-state index contributed by atoms with van der Waals surface area (Å²) in [4.78, 5) is 67.1. The van der Waals surface area contributed by atoms with Crippen LogP contribution in [0.15, 0.2) is 60.2 Å². The van der Waals surface area contributed by atoms with Gasteiger partial charge in [-0.2, -0.15) is 18.4 Å². The van der Waals surface area contributed by atoms with Crippen molar-refractivity contribution < 1.29 is 51.0 Å². The maximum absolute atomic E-state index is 15.3. The molecule has 21 heteroatoms. The average molecular weight is 1010 g/mol. The smallest absolute Gasteiger partial charge is 0.420 e. The van der Waals surface area contributed by atoms with Crippen molar-refractivity contribution in [1.29, 1.82) is 5.26 Å². The maximum atomic E-state index is 15.3. The van der Waals surface area contributed by atoms with Gasteiger partial charge in [-0.25, -0.2) is 14.4 Å². The number of carbonyl (C=O) groups is 4. The van der Waals surface area contributed by atoms with Crippen LogP contribution in [0.2, 0.25) is 0 Å². The molecule has 4 aromatic rings. The summed E-state index contributed by atoms with van der Waals surface area (Å²) in [5, 5.41) is 14.7. The molecule has 2 saturated heterocycles. The number of rotatable bonds is 20. The number of hydrogen-bond donors (Lipinski definition) is 2. The molecule has 15 nitrogen and oxygen atoms in total. The number of amides is 4. The number of thiocarbonyl (C=S) groups is 1. The first-order valence-electron chi connectivity index (χ1n) is 22.7. The molecular weight excluding hydrogens is 953 g/mol. The number of hydrogen-bond acceptors (Lipinski definition) is 12. The van der Waals surface area contributed by atoms with Gasteiger partial charge in [-0.15, -0.1) is 11.3 Å². The van der Waals surface area contributed by atoms with Gasteiger partial charge < -0.3 is 34.6 Å². The van der Waals surface area contributed by atoms with Crippen LogP contribution >= 0.6 is 23.6 Å². The van der Waals surface area contributed by atoms with Crippen LogP contribution in [0.4, 0.5) is 28.9 Å². The molecule has 70 heavy (non-hydrogen) atoms. The van der Waals surface area contributed by atoms with Gasteiger partial charge in [0.15, 0.2) is 10.9 Å². The van der Waals surface area contributed by atoms with Gasteiger partial charge in [0.25, 0.3) is 5.91 Å². The van der Waals surface area contributed by atoms with Crippen LogP contribution < -0.4 is 25.2 Å². The topological polar surface area (TPSA) is 179 Å². The van der Waals surface area contributed by atoms with Crippen LogP contribution in [-0.2, 0) is 41.4 Å². The van der Waals surface area contributed by atoms with E-state index in [1.54, 1.807) is 28.4 Å². The van der Waals surface area contributed by atoms with Crippen molar-refractivity contribution in [2.24, 2.45) is 5.41 Å². The number of carbonyl (C=O) groups excluding carboxylic acids is 4. The Bertz CT molecular complexity index is 2580. The molecule has 6 rings (SSSR count). The van der Waals surface area contributed by atoms with Gasteiger partial charge >= 0.3 is 6.18 Å². The standard InChI is InChI=1S/C49H56F4N8O7S2/c1-30-41(70-29-57-30)32-14-12-31(13-15-32)26-56-43(63)36-11-9-20-59(36)44(64)42(47(2,3)4)58-37(62)28-67-23-10-22-66-21-7-8-24-68-38-19-17-34(27-55-38)61-46(69)60(45(65)48(61,5)6)35-18-16-33(25-54)39(40(35)50)49(51,52)53/h12-19,27,29,36,42H,7-11,20-24,26,28H2,1-6H3,(H,56,63)(H,58,62). The minimum Gasteiger partial charge on any atom is -0.478 e. The number of ether oxygens (including phenoxy) is 3. The van der Waals surface area contributed by atoms with Gasteiger partial charge in [0.1, 0.15) is 29.8 Å². The second-order valence-corrected chi connectivity index (χ2v) is 19.6. The Morgan fingerprint density at radius 2 is 1.69 bits per heavy atom. The summed E-state index contributed by atoms with van der Waals surface area (Å²) in [6.45, 7) is 12.4. The van der Waals surface area contributed by atoms with Gasteiger partial charge in [0.05, 0.1) is 51.9 Å². The normalized spacial score (nSPS) is 16.4. The van der Waals surface area contributed by atoms with Crippen molar-refractivity contribution in [3.63, 3.8) is 0 Å². The van der Waals surface area contributed by atoms with Gasteiger partial charge in [-0.05, 0) is 99.8 Å². The van der Waals surface area contributed by atoms with Crippen LogP contribution in [0, 0.1) is 29.5 Å². The summed E-state index contributed by atoms with van der Waals surface area (Å²) in [5.74, 6) is -3.28. The summed E-state index contributed by atoms with van der Waals surface area (Å²) >= 11 is 7.06. The Morgan fingerprint density at radius 1 is 0.986 bits per heavy atom. The van der Waals surface area contributed by atoms with E-state index in [4.69, 9.17) is 31.7 Å². The molecule has 2 aliphatic heterocycles. The molecule has 0 spiro atoms. The molecule has 2 N–H and O–H groups in total. The first-order valence-corrected chi connectivity index (χ1v) is 24.0. The van der Waals surface area contributed by atoms with Gasteiger partial charge in [-0.1, -0.05) is 45.0 Å². The molecular formula is C49H56F4N8O7S2. The zero-order valence-corrected chi connectivity index (χ0v) is 41.4. The van der Waals surface area contributed by atoms with E-state index >= 15 is 4.39 Å². The lowest BCUT2D eigenvalue weighted by Gasteiger charge is -2.35. The van der Waals surface area contributed by atoms with Crippen molar-refractivity contribution in [3.8, 4) is 22.4 Å². The van der Waals surface area contributed by atoms with Crippen LogP contribution in [0.3, 0.4) is 0 Å². The average Bonchev–Trinajstić information content (AvgIpc) is 4.02. The Morgan fingerprint density at radius 3 is 2.33 bits per heavy atom. The highest BCUT2D eigenvalue weighted by molar-refractivity contribution is 7.81. The van der Waals surface area contributed by atoms with E-state index in [0.29, 0.717) is 75.6 Å². The van der Waals surface area contributed by atoms with Crippen molar-refractivity contribution >= 4 is 63.7 Å². The zero-order chi connectivity index (χ0) is 51.0. The Labute approximate surface area is 413 Å². The number of benzene rings is 2. The fourth-order valence-electron chi connectivity index (χ4n) is 8.13. The monoisotopic (exact) mass is 1010 g/mol. The van der Waals surface area contributed by atoms with Crippen LogP contribution in [0.5, 0.6) is 5.88 Å². The number of thiazole rings is 1. The lowest BCUT2D eigenvalue weighted by Crippen LogP contribution is -2.58. The molecule has 2 fully saturated rings. The molecule has 0 saturated carbocycles. The minimum absolute atomic E-state index is 0.236. The fourth-order valence-corrected chi connectivity index (χ4v) is 9.46. The quantitative estimate of drug-likeness (QED) is 0.0498. The van der Waals surface area contributed by atoms with Gasteiger partial charge in [-0.3, -0.25) is 24.1 Å². The third-order valence-corrected chi connectivity index (χ3v) is 13.2. The molecule has 374 valence electrons.